The average Bonchev–Trinajstić information content (AvgIpc) is 2.89. The Bertz CT molecular complexity index is 1490. The number of aromatic hydroxyl groups is 1. The monoisotopic (exact) mass is 470 g/mol. The standard InChI is InChI=1S/C27H22N2O6/c30-19-14-21(16-5-2-1-3-6-16)34-26-24-18(13-23(32)29-9-11-33-12-10-29)17-7-4-8-28-27(17)35-22(24)15-20(31)25(19)26/h1-8,14-15,18,31H,9-13H2/t18-/m1/s1. The number of phenolic OH excluding ortho intramolecular Hbond substituents is 1. The first-order valence-electron chi connectivity index (χ1n) is 11.5. The van der Waals surface area contributed by atoms with Crippen LogP contribution < -0.4 is 10.2 Å². The van der Waals surface area contributed by atoms with Crippen LogP contribution in [0.5, 0.6) is 17.4 Å². The zero-order chi connectivity index (χ0) is 23.9. The third kappa shape index (κ3) is 3.72. The lowest BCUT2D eigenvalue weighted by Gasteiger charge is -2.31. The van der Waals surface area contributed by atoms with E-state index >= 15 is 0 Å². The first-order valence-corrected chi connectivity index (χ1v) is 11.5. The van der Waals surface area contributed by atoms with E-state index in [0.717, 1.165) is 11.1 Å². The van der Waals surface area contributed by atoms with E-state index in [2.05, 4.69) is 4.98 Å². The highest BCUT2D eigenvalue weighted by Gasteiger charge is 2.35. The average molecular weight is 470 g/mol. The SMILES string of the molecule is O=C(C[C@@H]1c2cccnc2Oc2cc(O)c3c(=O)cc(-c4ccccc4)oc3c21)N1CCOCC1. The summed E-state index contributed by atoms with van der Waals surface area (Å²) in [5, 5.41) is 10.8. The number of ether oxygens (including phenoxy) is 2. The fraction of sp³-hybridized carbons (Fsp3) is 0.222. The van der Waals surface area contributed by atoms with Crippen molar-refractivity contribution >= 4 is 16.9 Å². The molecule has 176 valence electrons. The number of phenols is 1. The summed E-state index contributed by atoms with van der Waals surface area (Å²) in [6.07, 6.45) is 1.74. The molecule has 6 rings (SSSR count). The summed E-state index contributed by atoms with van der Waals surface area (Å²) in [5.41, 5.74) is 1.83. The Morgan fingerprint density at radius 1 is 1.09 bits per heavy atom. The van der Waals surface area contributed by atoms with Gasteiger partial charge in [0.1, 0.15) is 28.2 Å². The number of carbonyl (C=O) groups excluding carboxylic acids is 1. The fourth-order valence-electron chi connectivity index (χ4n) is 4.81. The lowest BCUT2D eigenvalue weighted by molar-refractivity contribution is -0.135. The predicted molar refractivity (Wildman–Crippen MR) is 128 cm³/mol. The number of rotatable bonds is 3. The van der Waals surface area contributed by atoms with Crippen LogP contribution in [-0.4, -0.2) is 47.2 Å². The number of hydrogen-bond acceptors (Lipinski definition) is 7. The van der Waals surface area contributed by atoms with Crippen molar-refractivity contribution in [2.75, 3.05) is 26.3 Å². The van der Waals surface area contributed by atoms with Gasteiger partial charge in [0.15, 0.2) is 5.43 Å². The van der Waals surface area contributed by atoms with Crippen LogP contribution in [0.15, 0.2) is 70.0 Å². The van der Waals surface area contributed by atoms with Crippen LogP contribution in [0.1, 0.15) is 23.5 Å². The van der Waals surface area contributed by atoms with Gasteiger partial charge >= 0.3 is 0 Å². The maximum absolute atomic E-state index is 13.3. The molecular weight excluding hydrogens is 448 g/mol. The number of hydrogen-bond donors (Lipinski definition) is 1. The zero-order valence-electron chi connectivity index (χ0n) is 18.8. The molecule has 0 aliphatic carbocycles. The topological polar surface area (TPSA) is 102 Å². The Morgan fingerprint density at radius 2 is 1.89 bits per heavy atom. The molecule has 2 aromatic heterocycles. The molecular formula is C27H22N2O6. The van der Waals surface area contributed by atoms with Crippen LogP contribution in [-0.2, 0) is 9.53 Å². The number of amides is 1. The molecule has 1 N–H and O–H groups in total. The quantitative estimate of drug-likeness (QED) is 0.482. The summed E-state index contributed by atoms with van der Waals surface area (Å²) < 4.78 is 17.7. The number of nitrogens with zero attached hydrogens (tertiary/aromatic N) is 2. The van der Waals surface area contributed by atoms with Crippen LogP contribution >= 0.6 is 0 Å². The van der Waals surface area contributed by atoms with Crippen molar-refractivity contribution in [1.82, 2.24) is 9.88 Å². The molecule has 1 fully saturated rings. The number of morpholine rings is 1. The van der Waals surface area contributed by atoms with Crippen molar-refractivity contribution < 1.29 is 23.8 Å². The van der Waals surface area contributed by atoms with Gasteiger partial charge in [0, 0.05) is 60.4 Å². The van der Waals surface area contributed by atoms with Crippen LogP contribution in [0.3, 0.4) is 0 Å². The molecule has 1 amide bonds. The van der Waals surface area contributed by atoms with E-state index in [-0.39, 0.29) is 34.5 Å². The first-order chi connectivity index (χ1) is 17.1. The van der Waals surface area contributed by atoms with E-state index in [1.54, 1.807) is 17.2 Å². The Balaban J connectivity index is 1.56. The zero-order valence-corrected chi connectivity index (χ0v) is 18.8. The number of benzene rings is 2. The maximum Gasteiger partial charge on any atom is 0.223 e. The van der Waals surface area contributed by atoms with E-state index in [1.165, 1.54) is 12.1 Å². The first kappa shape index (κ1) is 21.4. The second-order valence-electron chi connectivity index (χ2n) is 8.60. The molecule has 8 heteroatoms. The second kappa shape index (κ2) is 8.56. The highest BCUT2D eigenvalue weighted by atomic mass is 16.5. The van der Waals surface area contributed by atoms with Gasteiger partial charge in [-0.25, -0.2) is 4.98 Å². The lowest BCUT2D eigenvalue weighted by atomic mass is 9.85. The molecule has 2 aromatic carbocycles. The van der Waals surface area contributed by atoms with Gasteiger partial charge in [-0.15, -0.1) is 0 Å². The van der Waals surface area contributed by atoms with Gasteiger partial charge in [0.25, 0.3) is 0 Å². The summed E-state index contributed by atoms with van der Waals surface area (Å²) in [6.45, 7) is 2.05. The van der Waals surface area contributed by atoms with E-state index < -0.39 is 5.92 Å². The molecule has 0 bridgehead atoms. The third-order valence-corrected chi connectivity index (χ3v) is 6.51. The van der Waals surface area contributed by atoms with Crippen molar-refractivity contribution in [2.24, 2.45) is 0 Å². The summed E-state index contributed by atoms with van der Waals surface area (Å²) in [6, 6.07) is 15.7. The molecule has 1 saturated heterocycles. The number of pyridine rings is 1. The van der Waals surface area contributed by atoms with Gasteiger partial charge in [-0.05, 0) is 6.07 Å². The van der Waals surface area contributed by atoms with Gasteiger partial charge in [-0.2, -0.15) is 0 Å². The van der Waals surface area contributed by atoms with Crippen LogP contribution in [0.25, 0.3) is 22.3 Å². The van der Waals surface area contributed by atoms with E-state index in [9.17, 15) is 14.7 Å². The largest absolute Gasteiger partial charge is 0.507 e. The molecule has 2 aliphatic heterocycles. The van der Waals surface area contributed by atoms with Gasteiger partial charge in [0.05, 0.1) is 13.2 Å². The Morgan fingerprint density at radius 3 is 2.69 bits per heavy atom. The maximum atomic E-state index is 13.3. The van der Waals surface area contributed by atoms with E-state index in [0.29, 0.717) is 49.3 Å². The lowest BCUT2D eigenvalue weighted by Crippen LogP contribution is -2.41. The molecule has 4 aromatic rings. The molecule has 0 spiro atoms. The molecule has 0 radical (unpaired) electrons. The normalized spacial score (nSPS) is 16.9. The highest BCUT2D eigenvalue weighted by Crippen LogP contribution is 2.49. The minimum atomic E-state index is -0.477. The second-order valence-corrected chi connectivity index (χ2v) is 8.60. The fourth-order valence-corrected chi connectivity index (χ4v) is 4.81. The summed E-state index contributed by atoms with van der Waals surface area (Å²) >= 11 is 0. The van der Waals surface area contributed by atoms with Gasteiger partial charge in [-0.1, -0.05) is 36.4 Å². The van der Waals surface area contributed by atoms with Crippen molar-refractivity contribution in [3.8, 4) is 28.7 Å². The molecule has 35 heavy (non-hydrogen) atoms. The van der Waals surface area contributed by atoms with Crippen molar-refractivity contribution in [1.29, 1.82) is 0 Å². The third-order valence-electron chi connectivity index (χ3n) is 6.51. The van der Waals surface area contributed by atoms with Crippen LogP contribution in [0, 0.1) is 0 Å². The molecule has 0 saturated carbocycles. The van der Waals surface area contributed by atoms with Crippen LogP contribution in [0.2, 0.25) is 0 Å². The highest BCUT2D eigenvalue weighted by molar-refractivity contribution is 5.91. The Labute approximate surface area is 200 Å². The van der Waals surface area contributed by atoms with Crippen molar-refractivity contribution in [3.05, 3.63) is 82.1 Å². The van der Waals surface area contributed by atoms with Crippen LogP contribution in [0.4, 0.5) is 0 Å². The number of carbonyl (C=O) groups is 1. The van der Waals surface area contributed by atoms with E-state index in [1.807, 2.05) is 36.4 Å². The summed E-state index contributed by atoms with van der Waals surface area (Å²) in [7, 11) is 0. The van der Waals surface area contributed by atoms with Crippen molar-refractivity contribution in [3.63, 3.8) is 0 Å². The minimum Gasteiger partial charge on any atom is -0.507 e. The minimum absolute atomic E-state index is 0.0382. The number of aromatic nitrogens is 1. The summed E-state index contributed by atoms with van der Waals surface area (Å²) in [5.74, 6) is 0.282. The van der Waals surface area contributed by atoms with Gasteiger partial charge in [0.2, 0.25) is 11.8 Å². The molecule has 0 unspecified atom stereocenters. The smallest absolute Gasteiger partial charge is 0.223 e. The molecule has 8 nitrogen and oxygen atoms in total. The molecule has 2 aliphatic rings. The van der Waals surface area contributed by atoms with Gasteiger partial charge < -0.3 is 23.9 Å². The van der Waals surface area contributed by atoms with Crippen molar-refractivity contribution in [2.45, 2.75) is 12.3 Å². The molecule has 1 atom stereocenters. The van der Waals surface area contributed by atoms with E-state index in [4.69, 9.17) is 13.9 Å². The Kier molecular flexibility index (Phi) is 5.22. The Hall–Kier alpha value is -4.17. The summed E-state index contributed by atoms with van der Waals surface area (Å²) in [4.78, 5) is 32.6. The van der Waals surface area contributed by atoms with Gasteiger partial charge in [-0.3, -0.25) is 9.59 Å². The number of fused-ring (bicyclic) bond motifs is 4. The molecule has 4 heterocycles. The predicted octanol–water partition coefficient (Wildman–Crippen LogP) is 4.05.